The maximum atomic E-state index is 11.5. The first-order chi connectivity index (χ1) is 13.0. The van der Waals surface area contributed by atoms with Crippen molar-refractivity contribution in [2.24, 2.45) is 17.6 Å². The van der Waals surface area contributed by atoms with E-state index < -0.39 is 0 Å². The van der Waals surface area contributed by atoms with Crippen LogP contribution in [-0.2, 0) is 11.3 Å². The van der Waals surface area contributed by atoms with Gasteiger partial charge in [0, 0.05) is 17.5 Å². The summed E-state index contributed by atoms with van der Waals surface area (Å²) in [5, 5.41) is 13.2. The molecule has 146 valence electrons. The van der Waals surface area contributed by atoms with E-state index in [1.165, 1.54) is 0 Å². The van der Waals surface area contributed by atoms with Crippen LogP contribution < -0.4 is 5.73 Å². The van der Waals surface area contributed by atoms with Gasteiger partial charge in [0.15, 0.2) is 5.82 Å². The molecule has 1 aliphatic rings. The van der Waals surface area contributed by atoms with E-state index in [9.17, 15) is 4.79 Å². The quantitative estimate of drug-likeness (QED) is 0.784. The average molecular weight is 391 g/mol. The van der Waals surface area contributed by atoms with Crippen molar-refractivity contribution < 1.29 is 4.79 Å². The molecular weight excluding hydrogens is 364 g/mol. The lowest BCUT2D eigenvalue weighted by molar-refractivity contribution is -0.123. The number of amides is 1. The summed E-state index contributed by atoms with van der Waals surface area (Å²) in [5.74, 6) is 1.14. The minimum Gasteiger partial charge on any atom is -0.369 e. The van der Waals surface area contributed by atoms with Gasteiger partial charge in [-0.3, -0.25) is 9.69 Å². The molecule has 0 radical (unpaired) electrons. The number of rotatable bonds is 7. The highest BCUT2D eigenvalue weighted by Gasteiger charge is 2.32. The van der Waals surface area contributed by atoms with E-state index in [1.807, 2.05) is 28.9 Å². The maximum absolute atomic E-state index is 11.5. The number of halogens is 1. The summed E-state index contributed by atoms with van der Waals surface area (Å²) in [7, 11) is 0. The van der Waals surface area contributed by atoms with E-state index in [2.05, 4.69) is 34.3 Å². The smallest absolute Gasteiger partial charge is 0.220 e. The second-order valence-electron chi connectivity index (χ2n) is 7.61. The summed E-state index contributed by atoms with van der Waals surface area (Å²) >= 11 is 6.09. The Kier molecular flexibility index (Phi) is 6.44. The molecule has 1 saturated heterocycles. The van der Waals surface area contributed by atoms with Crippen LogP contribution in [-0.4, -0.2) is 44.1 Å². The van der Waals surface area contributed by atoms with Gasteiger partial charge in [-0.15, -0.1) is 5.10 Å². The van der Waals surface area contributed by atoms with Gasteiger partial charge in [-0.1, -0.05) is 37.6 Å². The van der Waals surface area contributed by atoms with Crippen LogP contribution in [0.3, 0.4) is 0 Å². The Bertz CT molecular complexity index is 752. The Morgan fingerprint density at radius 3 is 2.52 bits per heavy atom. The number of aromatic nitrogens is 4. The highest BCUT2D eigenvalue weighted by Crippen LogP contribution is 2.32. The number of nitrogens with zero attached hydrogens (tertiary/aromatic N) is 5. The number of hydrogen-bond acceptors (Lipinski definition) is 5. The van der Waals surface area contributed by atoms with E-state index in [4.69, 9.17) is 17.3 Å². The van der Waals surface area contributed by atoms with E-state index in [-0.39, 0.29) is 17.9 Å². The molecule has 2 heterocycles. The largest absolute Gasteiger partial charge is 0.369 e. The third kappa shape index (κ3) is 4.84. The first-order valence-electron chi connectivity index (χ1n) is 9.50. The molecule has 1 amide bonds. The summed E-state index contributed by atoms with van der Waals surface area (Å²) < 4.78 is 1.90. The fraction of sp³-hybridized carbons (Fsp3) is 0.579. The summed E-state index contributed by atoms with van der Waals surface area (Å²) in [6.07, 6.45) is 2.52. The molecule has 27 heavy (non-hydrogen) atoms. The Hall–Kier alpha value is -1.99. The lowest BCUT2D eigenvalue weighted by Crippen LogP contribution is -2.41. The fourth-order valence-corrected chi connectivity index (χ4v) is 3.68. The molecule has 7 nitrogen and oxygen atoms in total. The van der Waals surface area contributed by atoms with Crippen LogP contribution in [0.4, 0.5) is 0 Å². The van der Waals surface area contributed by atoms with Crippen molar-refractivity contribution in [3.63, 3.8) is 0 Å². The van der Waals surface area contributed by atoms with Crippen LogP contribution in [0.5, 0.6) is 0 Å². The van der Waals surface area contributed by atoms with Gasteiger partial charge in [-0.05, 0) is 66.4 Å². The minimum absolute atomic E-state index is 0.0518. The lowest BCUT2D eigenvalue weighted by atomic mass is 9.93. The number of piperidine rings is 1. The van der Waals surface area contributed by atoms with Crippen molar-refractivity contribution in [2.45, 2.75) is 45.7 Å². The summed E-state index contributed by atoms with van der Waals surface area (Å²) in [5.41, 5.74) is 6.59. The monoisotopic (exact) mass is 390 g/mol. The number of aryl methyl sites for hydroxylation is 1. The second kappa shape index (κ2) is 8.80. The number of hydrogen-bond donors (Lipinski definition) is 1. The van der Waals surface area contributed by atoms with Crippen LogP contribution in [0.1, 0.15) is 50.5 Å². The standard InChI is InChI=1S/C19H27ClN6O/c1-13(2)7-12-26-19(22-23-24-26)17(14-3-5-16(20)6-4-14)25-10-8-15(9-11-25)18(21)27/h3-6,13,15,17H,7-12H2,1-2H3,(H2,21,27). The van der Waals surface area contributed by atoms with Gasteiger partial charge in [-0.25, -0.2) is 4.68 Å². The molecule has 1 unspecified atom stereocenters. The summed E-state index contributed by atoms with van der Waals surface area (Å²) in [6.45, 7) is 6.71. The number of likely N-dealkylation sites (tertiary alicyclic amines) is 1. The molecule has 0 saturated carbocycles. The zero-order valence-electron chi connectivity index (χ0n) is 15.9. The molecule has 1 aromatic carbocycles. The molecule has 8 heteroatoms. The molecule has 0 aliphatic carbocycles. The third-order valence-corrected chi connectivity index (χ3v) is 5.46. The molecular formula is C19H27ClN6O. The molecule has 1 aliphatic heterocycles. The van der Waals surface area contributed by atoms with Gasteiger partial charge in [0.25, 0.3) is 0 Å². The third-order valence-electron chi connectivity index (χ3n) is 5.21. The first kappa shape index (κ1) is 19.8. The zero-order valence-corrected chi connectivity index (χ0v) is 16.6. The molecule has 0 spiro atoms. The summed E-state index contributed by atoms with van der Waals surface area (Å²) in [6, 6.07) is 7.76. The van der Waals surface area contributed by atoms with E-state index in [1.54, 1.807) is 0 Å². The van der Waals surface area contributed by atoms with E-state index in [0.29, 0.717) is 10.9 Å². The Morgan fingerprint density at radius 2 is 1.93 bits per heavy atom. The zero-order chi connectivity index (χ0) is 19.4. The predicted octanol–water partition coefficient (Wildman–Crippen LogP) is 2.66. The fourth-order valence-electron chi connectivity index (χ4n) is 3.56. The van der Waals surface area contributed by atoms with Crippen molar-refractivity contribution >= 4 is 17.5 Å². The normalized spacial score (nSPS) is 17.3. The molecule has 0 bridgehead atoms. The Balaban J connectivity index is 1.89. The van der Waals surface area contributed by atoms with E-state index in [0.717, 1.165) is 50.3 Å². The molecule has 1 fully saturated rings. The molecule has 2 N–H and O–H groups in total. The van der Waals surface area contributed by atoms with Crippen molar-refractivity contribution in [2.75, 3.05) is 13.1 Å². The van der Waals surface area contributed by atoms with Gasteiger partial charge >= 0.3 is 0 Å². The molecule has 1 atom stereocenters. The number of carbonyl (C=O) groups is 1. The second-order valence-corrected chi connectivity index (χ2v) is 8.05. The van der Waals surface area contributed by atoms with Crippen molar-refractivity contribution in [1.29, 1.82) is 0 Å². The van der Waals surface area contributed by atoms with Crippen LogP contribution in [0.25, 0.3) is 0 Å². The maximum Gasteiger partial charge on any atom is 0.220 e. The number of benzene rings is 1. The minimum atomic E-state index is -0.209. The van der Waals surface area contributed by atoms with Crippen molar-refractivity contribution in [3.8, 4) is 0 Å². The molecule has 2 aromatic rings. The van der Waals surface area contributed by atoms with Crippen molar-refractivity contribution in [3.05, 3.63) is 40.7 Å². The first-order valence-corrected chi connectivity index (χ1v) is 9.88. The van der Waals surface area contributed by atoms with Gasteiger partial charge in [0.1, 0.15) is 0 Å². The Labute approximate surface area is 164 Å². The molecule has 1 aromatic heterocycles. The number of carbonyl (C=O) groups excluding carboxylic acids is 1. The van der Waals surface area contributed by atoms with E-state index >= 15 is 0 Å². The van der Waals surface area contributed by atoms with Crippen LogP contribution in [0, 0.1) is 11.8 Å². The average Bonchev–Trinajstić information content (AvgIpc) is 3.10. The highest BCUT2D eigenvalue weighted by molar-refractivity contribution is 6.30. The van der Waals surface area contributed by atoms with Crippen LogP contribution >= 0.6 is 11.6 Å². The lowest BCUT2D eigenvalue weighted by Gasteiger charge is -2.36. The SMILES string of the molecule is CC(C)CCn1nnnc1C(c1ccc(Cl)cc1)N1CCC(C(N)=O)CC1. The number of nitrogens with two attached hydrogens (primary N) is 1. The molecule has 3 rings (SSSR count). The number of tetrazole rings is 1. The van der Waals surface area contributed by atoms with Gasteiger partial charge < -0.3 is 5.73 Å². The van der Waals surface area contributed by atoms with Crippen LogP contribution in [0.2, 0.25) is 5.02 Å². The highest BCUT2D eigenvalue weighted by atomic mass is 35.5. The summed E-state index contributed by atoms with van der Waals surface area (Å²) in [4.78, 5) is 13.9. The topological polar surface area (TPSA) is 89.9 Å². The number of primary amides is 1. The van der Waals surface area contributed by atoms with Gasteiger partial charge in [0.2, 0.25) is 5.91 Å². The van der Waals surface area contributed by atoms with Crippen molar-refractivity contribution in [1.82, 2.24) is 25.1 Å². The van der Waals surface area contributed by atoms with Gasteiger partial charge in [-0.2, -0.15) is 0 Å². The van der Waals surface area contributed by atoms with Crippen LogP contribution in [0.15, 0.2) is 24.3 Å². The Morgan fingerprint density at radius 1 is 1.26 bits per heavy atom. The predicted molar refractivity (Wildman–Crippen MR) is 104 cm³/mol. The van der Waals surface area contributed by atoms with Gasteiger partial charge in [0.05, 0.1) is 6.04 Å².